The van der Waals surface area contributed by atoms with Gasteiger partial charge in [0.1, 0.15) is 12.7 Å². The molecule has 2 rings (SSSR count). The molecule has 2 unspecified atom stereocenters. The number of rotatable bonds is 10. The number of benzene rings is 2. The lowest BCUT2D eigenvalue weighted by Crippen LogP contribution is -2.35. The molecule has 0 bridgehead atoms. The number of carbonyl (C=O) groups is 3. The standard InChI is InChI=1S/C21H24O8S/c1-14(22)28-11-19(29-15(2)23)13-30(26,27)12-18(21(24)25)10-17-8-5-7-16-6-3-4-9-20(16)17/h3-9,18-19H,10-13H2,1-2H3,(H,24,25). The number of hydrogen-bond acceptors (Lipinski definition) is 7. The lowest BCUT2D eigenvalue weighted by Gasteiger charge is -2.19. The molecule has 2 aromatic rings. The van der Waals surface area contributed by atoms with E-state index in [1.165, 1.54) is 0 Å². The highest BCUT2D eigenvalue weighted by Crippen LogP contribution is 2.22. The summed E-state index contributed by atoms with van der Waals surface area (Å²) in [5.74, 6) is -5.08. The molecule has 0 amide bonds. The van der Waals surface area contributed by atoms with Crippen molar-refractivity contribution in [1.82, 2.24) is 0 Å². The van der Waals surface area contributed by atoms with Crippen LogP contribution in [0.3, 0.4) is 0 Å². The fraction of sp³-hybridized carbons (Fsp3) is 0.381. The number of esters is 2. The average Bonchev–Trinajstić information content (AvgIpc) is 2.65. The summed E-state index contributed by atoms with van der Waals surface area (Å²) in [5.41, 5.74) is 0.729. The van der Waals surface area contributed by atoms with Gasteiger partial charge in [-0.3, -0.25) is 14.4 Å². The minimum absolute atomic E-state index is 0.0259. The topological polar surface area (TPSA) is 124 Å². The molecule has 30 heavy (non-hydrogen) atoms. The van der Waals surface area contributed by atoms with Crippen molar-refractivity contribution >= 4 is 38.5 Å². The zero-order valence-corrected chi connectivity index (χ0v) is 17.6. The number of ether oxygens (including phenoxy) is 2. The van der Waals surface area contributed by atoms with Gasteiger partial charge in [-0.1, -0.05) is 42.5 Å². The summed E-state index contributed by atoms with van der Waals surface area (Å²) in [6, 6.07) is 12.9. The van der Waals surface area contributed by atoms with E-state index < -0.39 is 57.9 Å². The molecule has 0 fully saturated rings. The van der Waals surface area contributed by atoms with Gasteiger partial charge in [-0.2, -0.15) is 0 Å². The predicted octanol–water partition coefficient (Wildman–Crippen LogP) is 1.99. The van der Waals surface area contributed by atoms with E-state index in [2.05, 4.69) is 0 Å². The molecule has 0 heterocycles. The lowest BCUT2D eigenvalue weighted by atomic mass is 9.96. The van der Waals surface area contributed by atoms with Crippen molar-refractivity contribution in [2.24, 2.45) is 5.92 Å². The van der Waals surface area contributed by atoms with Crippen molar-refractivity contribution in [3.8, 4) is 0 Å². The van der Waals surface area contributed by atoms with E-state index in [0.717, 1.165) is 30.2 Å². The zero-order chi connectivity index (χ0) is 22.3. The van der Waals surface area contributed by atoms with Crippen molar-refractivity contribution < 1.29 is 37.4 Å². The highest BCUT2D eigenvalue weighted by atomic mass is 32.2. The van der Waals surface area contributed by atoms with E-state index >= 15 is 0 Å². The summed E-state index contributed by atoms with van der Waals surface area (Å²) >= 11 is 0. The van der Waals surface area contributed by atoms with E-state index in [0.29, 0.717) is 0 Å². The predicted molar refractivity (Wildman–Crippen MR) is 110 cm³/mol. The number of fused-ring (bicyclic) bond motifs is 1. The molecule has 0 aliphatic heterocycles. The quantitative estimate of drug-likeness (QED) is 0.561. The molecule has 0 saturated heterocycles. The Hall–Kier alpha value is -2.94. The van der Waals surface area contributed by atoms with Crippen molar-refractivity contribution in [3.05, 3.63) is 48.0 Å². The molecule has 9 heteroatoms. The summed E-state index contributed by atoms with van der Waals surface area (Å²) in [6.07, 6.45) is -1.18. The van der Waals surface area contributed by atoms with Crippen molar-refractivity contribution in [2.45, 2.75) is 26.4 Å². The van der Waals surface area contributed by atoms with Crippen LogP contribution in [-0.2, 0) is 40.1 Å². The van der Waals surface area contributed by atoms with Gasteiger partial charge in [-0.25, -0.2) is 8.42 Å². The van der Waals surface area contributed by atoms with Gasteiger partial charge in [0, 0.05) is 13.8 Å². The van der Waals surface area contributed by atoms with Crippen molar-refractivity contribution in [1.29, 1.82) is 0 Å². The number of aliphatic carboxylic acids is 1. The second-order valence-corrected chi connectivity index (χ2v) is 9.14. The van der Waals surface area contributed by atoms with Crippen LogP contribution in [0.2, 0.25) is 0 Å². The first kappa shape index (κ1) is 23.3. The first-order valence-electron chi connectivity index (χ1n) is 9.28. The molecule has 2 aromatic carbocycles. The van der Waals surface area contributed by atoms with Crippen LogP contribution >= 0.6 is 0 Å². The van der Waals surface area contributed by atoms with E-state index in [1.54, 1.807) is 12.1 Å². The van der Waals surface area contributed by atoms with Gasteiger partial charge in [0.15, 0.2) is 9.84 Å². The Labute approximate surface area is 174 Å². The second-order valence-electron chi connectivity index (χ2n) is 6.99. The average molecular weight is 436 g/mol. The maximum absolute atomic E-state index is 12.6. The Morgan fingerprint density at radius 1 is 0.967 bits per heavy atom. The molecule has 0 aromatic heterocycles. The minimum atomic E-state index is -3.94. The van der Waals surface area contributed by atoms with Gasteiger partial charge >= 0.3 is 17.9 Å². The van der Waals surface area contributed by atoms with Gasteiger partial charge in [-0.15, -0.1) is 0 Å². The van der Waals surface area contributed by atoms with E-state index in [9.17, 15) is 27.9 Å². The van der Waals surface area contributed by atoms with Crippen molar-refractivity contribution in [3.63, 3.8) is 0 Å². The number of carboxylic acid groups (broad SMARTS) is 1. The second kappa shape index (κ2) is 10.2. The number of carbonyl (C=O) groups excluding carboxylic acids is 2. The van der Waals surface area contributed by atoms with Crippen LogP contribution in [0, 0.1) is 5.92 Å². The highest BCUT2D eigenvalue weighted by Gasteiger charge is 2.30. The van der Waals surface area contributed by atoms with E-state index in [1.807, 2.05) is 30.3 Å². The van der Waals surface area contributed by atoms with Crippen LogP contribution in [-0.4, -0.2) is 55.6 Å². The summed E-state index contributed by atoms with van der Waals surface area (Å²) in [7, 11) is -3.94. The summed E-state index contributed by atoms with van der Waals surface area (Å²) in [6.45, 7) is 1.83. The highest BCUT2D eigenvalue weighted by molar-refractivity contribution is 7.91. The van der Waals surface area contributed by atoms with E-state index in [-0.39, 0.29) is 6.42 Å². The monoisotopic (exact) mass is 436 g/mol. The molecule has 0 aliphatic carbocycles. The third-order valence-corrected chi connectivity index (χ3v) is 6.19. The Morgan fingerprint density at radius 2 is 1.63 bits per heavy atom. The van der Waals surface area contributed by atoms with Gasteiger partial charge in [0.25, 0.3) is 0 Å². The first-order chi connectivity index (χ1) is 14.1. The molecule has 0 aliphatic rings. The third-order valence-electron chi connectivity index (χ3n) is 4.40. The van der Waals surface area contributed by atoms with Crippen LogP contribution in [0.4, 0.5) is 0 Å². The molecule has 162 valence electrons. The Bertz CT molecular complexity index is 1020. The normalized spacial score (nSPS) is 13.4. The number of carboxylic acids is 1. The van der Waals surface area contributed by atoms with Gasteiger partial charge < -0.3 is 14.6 Å². The van der Waals surface area contributed by atoms with Gasteiger partial charge in [-0.05, 0) is 22.8 Å². The Kier molecular flexibility index (Phi) is 7.93. The molecule has 0 spiro atoms. The molecule has 0 saturated carbocycles. The van der Waals surface area contributed by atoms with Crippen LogP contribution in [0.15, 0.2) is 42.5 Å². The lowest BCUT2D eigenvalue weighted by molar-refractivity contribution is -0.154. The molecule has 1 N–H and O–H groups in total. The zero-order valence-electron chi connectivity index (χ0n) is 16.7. The van der Waals surface area contributed by atoms with Crippen molar-refractivity contribution in [2.75, 3.05) is 18.1 Å². The Balaban J connectivity index is 2.18. The molecular formula is C21H24O8S. The van der Waals surface area contributed by atoms with Gasteiger partial charge in [0.2, 0.25) is 0 Å². The molecular weight excluding hydrogens is 412 g/mol. The molecule has 2 atom stereocenters. The smallest absolute Gasteiger partial charge is 0.307 e. The van der Waals surface area contributed by atoms with Crippen LogP contribution < -0.4 is 0 Å². The summed E-state index contributed by atoms with van der Waals surface area (Å²) < 4.78 is 34.9. The maximum Gasteiger partial charge on any atom is 0.307 e. The molecule has 0 radical (unpaired) electrons. The largest absolute Gasteiger partial charge is 0.481 e. The number of hydrogen-bond donors (Lipinski definition) is 1. The fourth-order valence-electron chi connectivity index (χ4n) is 3.17. The summed E-state index contributed by atoms with van der Waals surface area (Å²) in [4.78, 5) is 34.0. The van der Waals surface area contributed by atoms with Crippen LogP contribution in [0.5, 0.6) is 0 Å². The maximum atomic E-state index is 12.6. The minimum Gasteiger partial charge on any atom is -0.481 e. The third kappa shape index (κ3) is 7.14. The Morgan fingerprint density at radius 3 is 2.27 bits per heavy atom. The van der Waals surface area contributed by atoms with Crippen LogP contribution in [0.25, 0.3) is 10.8 Å². The summed E-state index contributed by atoms with van der Waals surface area (Å²) in [5, 5.41) is 11.4. The van der Waals surface area contributed by atoms with Crippen LogP contribution in [0.1, 0.15) is 19.4 Å². The number of sulfone groups is 1. The molecule has 8 nitrogen and oxygen atoms in total. The van der Waals surface area contributed by atoms with E-state index in [4.69, 9.17) is 9.47 Å². The fourth-order valence-corrected chi connectivity index (χ4v) is 4.91. The SMILES string of the molecule is CC(=O)OCC(CS(=O)(=O)CC(Cc1cccc2ccccc12)C(=O)O)OC(C)=O. The van der Waals surface area contributed by atoms with Gasteiger partial charge in [0.05, 0.1) is 17.4 Å². The first-order valence-corrected chi connectivity index (χ1v) is 11.1.